The van der Waals surface area contributed by atoms with E-state index in [1.807, 2.05) is 4.90 Å². The van der Waals surface area contributed by atoms with E-state index in [0.717, 1.165) is 19.5 Å². The molecular formula is C12H15N5O. The fourth-order valence-corrected chi connectivity index (χ4v) is 2.42. The Morgan fingerprint density at radius 3 is 3.17 bits per heavy atom. The number of nitrogens with zero attached hydrogens (tertiary/aromatic N) is 5. The maximum atomic E-state index is 12.4. The van der Waals surface area contributed by atoms with Gasteiger partial charge in [-0.05, 0) is 41.3 Å². The Morgan fingerprint density at radius 1 is 1.44 bits per heavy atom. The largest absolute Gasteiger partial charge is 0.338 e. The molecule has 94 valence electrons. The lowest BCUT2D eigenvalue weighted by Crippen LogP contribution is -2.39. The number of tetrazole rings is 1. The lowest BCUT2D eigenvalue weighted by Gasteiger charge is -2.30. The van der Waals surface area contributed by atoms with E-state index >= 15 is 0 Å². The van der Waals surface area contributed by atoms with Crippen molar-refractivity contribution in [2.24, 2.45) is 5.92 Å². The molecule has 6 nitrogen and oxygen atoms in total. The van der Waals surface area contributed by atoms with Gasteiger partial charge in [0, 0.05) is 19.3 Å². The first-order valence-electron chi connectivity index (χ1n) is 6.21. The van der Waals surface area contributed by atoms with Crippen molar-refractivity contribution >= 4 is 11.6 Å². The third kappa shape index (κ3) is 1.94. The Labute approximate surface area is 105 Å². The fourth-order valence-electron chi connectivity index (χ4n) is 2.42. The minimum atomic E-state index is 0.0685. The van der Waals surface area contributed by atoms with Crippen LogP contribution in [-0.4, -0.2) is 43.9 Å². The van der Waals surface area contributed by atoms with Crippen LogP contribution in [0.1, 0.15) is 30.1 Å². The van der Waals surface area contributed by atoms with Gasteiger partial charge in [-0.1, -0.05) is 6.92 Å². The van der Waals surface area contributed by atoms with Crippen LogP contribution < -0.4 is 0 Å². The van der Waals surface area contributed by atoms with Gasteiger partial charge in [0.05, 0.1) is 5.56 Å². The molecule has 0 aliphatic carbocycles. The maximum absolute atomic E-state index is 12.4. The number of amides is 1. The molecule has 0 saturated carbocycles. The monoisotopic (exact) mass is 245 g/mol. The van der Waals surface area contributed by atoms with Crippen LogP contribution in [0.5, 0.6) is 0 Å². The second kappa shape index (κ2) is 4.36. The highest BCUT2D eigenvalue weighted by atomic mass is 16.2. The van der Waals surface area contributed by atoms with Gasteiger partial charge in [0.15, 0.2) is 5.65 Å². The summed E-state index contributed by atoms with van der Waals surface area (Å²) in [5.41, 5.74) is 1.29. The van der Waals surface area contributed by atoms with Gasteiger partial charge in [-0.2, -0.15) is 4.52 Å². The lowest BCUT2D eigenvalue weighted by molar-refractivity contribution is 0.0682. The molecule has 1 atom stereocenters. The normalized spacial score (nSPS) is 20.3. The van der Waals surface area contributed by atoms with E-state index in [1.54, 1.807) is 18.3 Å². The third-order valence-corrected chi connectivity index (χ3v) is 3.38. The average molecular weight is 245 g/mol. The molecule has 6 heteroatoms. The number of hydrogen-bond acceptors (Lipinski definition) is 4. The minimum Gasteiger partial charge on any atom is -0.338 e. The van der Waals surface area contributed by atoms with Crippen LogP contribution in [0.2, 0.25) is 0 Å². The van der Waals surface area contributed by atoms with Crippen molar-refractivity contribution in [2.45, 2.75) is 19.8 Å². The molecule has 1 fully saturated rings. The second-order valence-electron chi connectivity index (χ2n) is 4.90. The Hall–Kier alpha value is -1.98. The van der Waals surface area contributed by atoms with Crippen LogP contribution in [-0.2, 0) is 0 Å². The topological polar surface area (TPSA) is 63.4 Å². The van der Waals surface area contributed by atoms with E-state index in [-0.39, 0.29) is 5.91 Å². The molecule has 1 saturated heterocycles. The van der Waals surface area contributed by atoms with Gasteiger partial charge < -0.3 is 4.90 Å². The minimum absolute atomic E-state index is 0.0685. The summed E-state index contributed by atoms with van der Waals surface area (Å²) >= 11 is 0. The molecule has 2 aromatic heterocycles. The van der Waals surface area contributed by atoms with E-state index in [9.17, 15) is 4.79 Å². The van der Waals surface area contributed by atoms with E-state index < -0.39 is 0 Å². The summed E-state index contributed by atoms with van der Waals surface area (Å²) in [5, 5.41) is 11.2. The Balaban J connectivity index is 1.86. The molecule has 18 heavy (non-hydrogen) atoms. The molecule has 0 bridgehead atoms. The average Bonchev–Trinajstić information content (AvgIpc) is 2.85. The molecule has 0 spiro atoms. The van der Waals surface area contributed by atoms with Crippen LogP contribution in [0.4, 0.5) is 0 Å². The standard InChI is InChI=1S/C12H15N5O/c1-9-3-2-6-16(7-9)12(18)10-4-5-11-13-14-15-17(11)8-10/h4-5,8-9H,2-3,6-7H2,1H3/t9-/m0/s1. The summed E-state index contributed by atoms with van der Waals surface area (Å²) in [6, 6.07) is 3.55. The molecule has 2 aromatic rings. The van der Waals surface area contributed by atoms with Crippen molar-refractivity contribution in [1.82, 2.24) is 24.9 Å². The Bertz CT molecular complexity index is 579. The van der Waals surface area contributed by atoms with Crippen molar-refractivity contribution in [3.8, 4) is 0 Å². The molecule has 3 heterocycles. The molecule has 0 aromatic carbocycles. The van der Waals surface area contributed by atoms with E-state index in [2.05, 4.69) is 22.4 Å². The molecular weight excluding hydrogens is 230 g/mol. The van der Waals surface area contributed by atoms with Gasteiger partial charge in [0.1, 0.15) is 0 Å². The van der Waals surface area contributed by atoms with Crippen LogP contribution in [0, 0.1) is 5.92 Å². The van der Waals surface area contributed by atoms with Crippen molar-refractivity contribution < 1.29 is 4.79 Å². The maximum Gasteiger partial charge on any atom is 0.255 e. The molecule has 1 aliphatic heterocycles. The number of carbonyl (C=O) groups is 1. The molecule has 1 aliphatic rings. The van der Waals surface area contributed by atoms with Crippen molar-refractivity contribution in [3.63, 3.8) is 0 Å². The molecule has 1 amide bonds. The number of hydrogen-bond donors (Lipinski definition) is 0. The first-order valence-corrected chi connectivity index (χ1v) is 6.21. The number of piperidine rings is 1. The zero-order chi connectivity index (χ0) is 12.5. The zero-order valence-corrected chi connectivity index (χ0v) is 10.3. The summed E-state index contributed by atoms with van der Waals surface area (Å²) in [6.07, 6.45) is 3.98. The smallest absolute Gasteiger partial charge is 0.255 e. The molecule has 0 N–H and O–H groups in total. The third-order valence-electron chi connectivity index (χ3n) is 3.38. The zero-order valence-electron chi connectivity index (χ0n) is 10.3. The second-order valence-corrected chi connectivity index (χ2v) is 4.90. The summed E-state index contributed by atoms with van der Waals surface area (Å²) in [7, 11) is 0. The number of likely N-dealkylation sites (tertiary alicyclic amines) is 1. The highest BCUT2D eigenvalue weighted by molar-refractivity contribution is 5.94. The summed E-state index contributed by atoms with van der Waals surface area (Å²) in [6.45, 7) is 3.87. The number of carbonyl (C=O) groups excluding carboxylic acids is 1. The summed E-state index contributed by atoms with van der Waals surface area (Å²) < 4.78 is 1.53. The van der Waals surface area contributed by atoms with Gasteiger partial charge >= 0.3 is 0 Å². The number of fused-ring (bicyclic) bond motifs is 1. The predicted octanol–water partition coefficient (Wildman–Crippen LogP) is 0.996. The predicted molar refractivity (Wildman–Crippen MR) is 65.1 cm³/mol. The molecule has 0 unspecified atom stereocenters. The number of pyridine rings is 1. The lowest BCUT2D eigenvalue weighted by atomic mass is 10.00. The Kier molecular flexibility index (Phi) is 2.70. The molecule has 0 radical (unpaired) electrons. The van der Waals surface area contributed by atoms with Gasteiger partial charge in [0.25, 0.3) is 5.91 Å². The van der Waals surface area contributed by atoms with Crippen molar-refractivity contribution in [2.75, 3.05) is 13.1 Å². The van der Waals surface area contributed by atoms with Gasteiger partial charge in [-0.15, -0.1) is 5.10 Å². The highest BCUT2D eigenvalue weighted by Gasteiger charge is 2.22. The number of rotatable bonds is 1. The SMILES string of the molecule is C[C@H]1CCCN(C(=O)c2ccc3nnnn3c2)C1. The van der Waals surface area contributed by atoms with Crippen LogP contribution >= 0.6 is 0 Å². The highest BCUT2D eigenvalue weighted by Crippen LogP contribution is 2.17. The van der Waals surface area contributed by atoms with Crippen LogP contribution in [0.15, 0.2) is 18.3 Å². The van der Waals surface area contributed by atoms with E-state index in [0.29, 0.717) is 17.1 Å². The van der Waals surface area contributed by atoms with Gasteiger partial charge in [0.2, 0.25) is 0 Å². The van der Waals surface area contributed by atoms with Crippen LogP contribution in [0.25, 0.3) is 5.65 Å². The van der Waals surface area contributed by atoms with E-state index in [4.69, 9.17) is 0 Å². The van der Waals surface area contributed by atoms with Crippen molar-refractivity contribution in [3.05, 3.63) is 23.9 Å². The van der Waals surface area contributed by atoms with Gasteiger partial charge in [-0.25, -0.2) is 0 Å². The first-order chi connectivity index (χ1) is 8.74. The first kappa shape index (κ1) is 11.1. The van der Waals surface area contributed by atoms with Gasteiger partial charge in [-0.3, -0.25) is 4.79 Å². The van der Waals surface area contributed by atoms with Crippen molar-refractivity contribution in [1.29, 1.82) is 0 Å². The summed E-state index contributed by atoms with van der Waals surface area (Å²) in [5.74, 6) is 0.651. The summed E-state index contributed by atoms with van der Waals surface area (Å²) in [4.78, 5) is 14.3. The van der Waals surface area contributed by atoms with E-state index in [1.165, 1.54) is 10.9 Å². The van der Waals surface area contributed by atoms with Crippen LogP contribution in [0.3, 0.4) is 0 Å². The fraction of sp³-hybridized carbons (Fsp3) is 0.500. The quantitative estimate of drug-likeness (QED) is 0.751. The Morgan fingerprint density at radius 2 is 2.33 bits per heavy atom. The molecule has 3 rings (SSSR count). The number of aromatic nitrogens is 4.